The van der Waals surface area contributed by atoms with Gasteiger partial charge in [0.1, 0.15) is 17.7 Å². The zero-order valence-corrected chi connectivity index (χ0v) is 15.5. The van der Waals surface area contributed by atoms with Gasteiger partial charge in [0, 0.05) is 11.1 Å². The predicted molar refractivity (Wildman–Crippen MR) is 99.6 cm³/mol. The first-order valence-corrected chi connectivity index (χ1v) is 8.85. The molecule has 0 aliphatic carbocycles. The third-order valence-electron chi connectivity index (χ3n) is 4.79. The number of carbonyl (C=O) groups is 2. The average Bonchev–Trinajstić information content (AvgIpc) is 3.05. The zero-order chi connectivity index (χ0) is 21.6. The summed E-state index contributed by atoms with van der Waals surface area (Å²) in [5.41, 5.74) is 0.973. The summed E-state index contributed by atoms with van der Waals surface area (Å²) in [5, 5.41) is 9.18. The van der Waals surface area contributed by atoms with Crippen LogP contribution in [0.2, 0.25) is 0 Å². The van der Waals surface area contributed by atoms with E-state index >= 15 is 0 Å². The van der Waals surface area contributed by atoms with Gasteiger partial charge in [0.25, 0.3) is 0 Å². The number of amides is 2. The summed E-state index contributed by atoms with van der Waals surface area (Å²) < 4.78 is 55.0. The molecule has 2 N–H and O–H groups in total. The largest absolute Gasteiger partial charge is 0.322 e. The van der Waals surface area contributed by atoms with Gasteiger partial charge in [0.05, 0.1) is 17.8 Å². The van der Waals surface area contributed by atoms with Crippen LogP contribution in [0.1, 0.15) is 18.0 Å². The molecule has 154 valence electrons. The minimum Gasteiger partial charge on any atom is -0.322 e. The van der Waals surface area contributed by atoms with Crippen molar-refractivity contribution in [3.05, 3.63) is 65.2 Å². The maximum Gasteiger partial charge on any atom is 0.249 e. The van der Waals surface area contributed by atoms with Crippen molar-refractivity contribution in [3.8, 4) is 11.3 Å². The van der Waals surface area contributed by atoms with Crippen molar-refractivity contribution in [2.75, 3.05) is 10.6 Å². The Morgan fingerprint density at radius 1 is 1.10 bits per heavy atom. The van der Waals surface area contributed by atoms with E-state index in [4.69, 9.17) is 0 Å². The summed E-state index contributed by atoms with van der Waals surface area (Å²) in [4.78, 5) is 24.9. The van der Waals surface area contributed by atoms with Crippen molar-refractivity contribution in [3.63, 3.8) is 0 Å². The summed E-state index contributed by atoms with van der Waals surface area (Å²) in [6, 6.07) is 5.91. The molecule has 0 bridgehead atoms. The molecule has 0 unspecified atom stereocenters. The standard InChI is InChI=1S/C20H14F4N4O2/c1-9-18(10-2-4-11(21)5-3-10)27-28-14(8-15(29)26-19(9)28)20(30)25-13-7-6-12(22)16(23)17(13)24/h2-7,14H,8H2,1H3,(H,25,30)(H,26,29)/t14-/m1/s1. The Kier molecular flexibility index (Phi) is 4.76. The summed E-state index contributed by atoms with van der Waals surface area (Å²) in [6.07, 6.45) is -0.298. The topological polar surface area (TPSA) is 76.0 Å². The molecule has 2 amide bonds. The van der Waals surface area contributed by atoms with Crippen molar-refractivity contribution < 1.29 is 27.2 Å². The van der Waals surface area contributed by atoms with Crippen LogP contribution in [0, 0.1) is 30.2 Å². The minimum absolute atomic E-state index is 0.261. The maximum absolute atomic E-state index is 13.9. The summed E-state index contributed by atoms with van der Waals surface area (Å²) in [5.74, 6) is -6.13. The summed E-state index contributed by atoms with van der Waals surface area (Å²) in [6.45, 7) is 1.67. The number of halogens is 4. The van der Waals surface area contributed by atoms with Crippen LogP contribution < -0.4 is 10.6 Å². The second-order valence-electron chi connectivity index (χ2n) is 6.75. The molecular formula is C20H14F4N4O2. The van der Waals surface area contributed by atoms with Crippen LogP contribution in [0.3, 0.4) is 0 Å². The number of nitrogens with one attached hydrogen (secondary N) is 2. The van der Waals surface area contributed by atoms with Gasteiger partial charge >= 0.3 is 0 Å². The van der Waals surface area contributed by atoms with Crippen molar-refractivity contribution in [2.24, 2.45) is 0 Å². The third kappa shape index (κ3) is 3.30. The van der Waals surface area contributed by atoms with Gasteiger partial charge in [-0.05, 0) is 43.3 Å². The molecular weight excluding hydrogens is 404 g/mol. The molecule has 6 nitrogen and oxygen atoms in total. The molecule has 1 atom stereocenters. The van der Waals surface area contributed by atoms with Crippen molar-refractivity contribution in [1.29, 1.82) is 0 Å². The molecule has 3 aromatic rings. The van der Waals surface area contributed by atoms with Crippen LogP contribution in [0.5, 0.6) is 0 Å². The second-order valence-corrected chi connectivity index (χ2v) is 6.75. The van der Waals surface area contributed by atoms with E-state index in [2.05, 4.69) is 15.7 Å². The molecule has 1 aliphatic rings. The number of fused-ring (bicyclic) bond motifs is 1. The fourth-order valence-electron chi connectivity index (χ4n) is 3.26. The van der Waals surface area contributed by atoms with Gasteiger partial charge in [-0.15, -0.1) is 0 Å². The van der Waals surface area contributed by atoms with Crippen molar-refractivity contribution in [1.82, 2.24) is 9.78 Å². The first kappa shape index (κ1) is 19.6. The van der Waals surface area contributed by atoms with Crippen LogP contribution in [0.15, 0.2) is 36.4 Å². The van der Waals surface area contributed by atoms with E-state index < -0.39 is 46.8 Å². The lowest BCUT2D eigenvalue weighted by atomic mass is 10.1. The number of hydrogen-bond donors (Lipinski definition) is 2. The van der Waals surface area contributed by atoms with Gasteiger partial charge in [-0.1, -0.05) is 0 Å². The first-order chi connectivity index (χ1) is 14.3. The molecule has 4 rings (SSSR count). The fourth-order valence-corrected chi connectivity index (χ4v) is 3.26. The number of hydrogen-bond acceptors (Lipinski definition) is 3. The highest BCUT2D eigenvalue weighted by molar-refractivity contribution is 6.02. The molecule has 2 aromatic carbocycles. The lowest BCUT2D eigenvalue weighted by Gasteiger charge is -2.24. The highest BCUT2D eigenvalue weighted by Gasteiger charge is 2.34. The summed E-state index contributed by atoms with van der Waals surface area (Å²) >= 11 is 0. The van der Waals surface area contributed by atoms with Gasteiger partial charge in [-0.2, -0.15) is 5.10 Å². The number of carbonyl (C=O) groups excluding carboxylic acids is 2. The first-order valence-electron chi connectivity index (χ1n) is 8.85. The minimum atomic E-state index is -1.72. The molecule has 1 aliphatic heterocycles. The molecule has 2 heterocycles. The van der Waals surface area contributed by atoms with Crippen LogP contribution in [-0.2, 0) is 9.59 Å². The molecule has 1 aromatic heterocycles. The molecule has 0 saturated carbocycles. The van der Waals surface area contributed by atoms with E-state index in [0.29, 0.717) is 22.9 Å². The smallest absolute Gasteiger partial charge is 0.249 e. The van der Waals surface area contributed by atoms with Gasteiger partial charge in [-0.25, -0.2) is 22.2 Å². The van der Waals surface area contributed by atoms with Gasteiger partial charge < -0.3 is 10.6 Å². The van der Waals surface area contributed by atoms with Crippen LogP contribution in [0.4, 0.5) is 29.1 Å². The van der Waals surface area contributed by atoms with Gasteiger partial charge in [0.2, 0.25) is 11.8 Å². The monoisotopic (exact) mass is 418 g/mol. The normalized spacial score (nSPS) is 15.5. The lowest BCUT2D eigenvalue weighted by Crippen LogP contribution is -2.36. The average molecular weight is 418 g/mol. The van der Waals surface area contributed by atoms with E-state index in [1.165, 1.54) is 28.9 Å². The second kappa shape index (κ2) is 7.29. The number of anilines is 2. The van der Waals surface area contributed by atoms with Crippen LogP contribution in [0.25, 0.3) is 11.3 Å². The Morgan fingerprint density at radius 2 is 1.80 bits per heavy atom. The summed E-state index contributed by atoms with van der Waals surface area (Å²) in [7, 11) is 0. The van der Waals surface area contributed by atoms with Crippen molar-refractivity contribution in [2.45, 2.75) is 19.4 Å². The van der Waals surface area contributed by atoms with Gasteiger partial charge in [-0.3, -0.25) is 9.59 Å². The molecule has 0 radical (unpaired) electrons. The Labute approximate surface area is 167 Å². The van der Waals surface area contributed by atoms with Crippen molar-refractivity contribution >= 4 is 23.3 Å². The SMILES string of the molecule is Cc1c(-c2ccc(F)cc2)nn2c1NC(=O)C[C@@H]2C(=O)Nc1ccc(F)c(F)c1F. The van der Waals surface area contributed by atoms with Crippen LogP contribution >= 0.6 is 0 Å². The molecule has 30 heavy (non-hydrogen) atoms. The van der Waals surface area contributed by atoms with E-state index in [0.717, 1.165) is 6.07 Å². The Balaban J connectivity index is 1.70. The lowest BCUT2D eigenvalue weighted by molar-refractivity contribution is -0.125. The number of benzene rings is 2. The van der Waals surface area contributed by atoms with Crippen LogP contribution in [-0.4, -0.2) is 21.6 Å². The number of nitrogens with zero attached hydrogens (tertiary/aromatic N) is 2. The molecule has 0 saturated heterocycles. The Morgan fingerprint density at radius 3 is 2.50 bits per heavy atom. The highest BCUT2D eigenvalue weighted by Crippen LogP contribution is 2.34. The number of rotatable bonds is 3. The highest BCUT2D eigenvalue weighted by atomic mass is 19.2. The van der Waals surface area contributed by atoms with E-state index in [9.17, 15) is 27.2 Å². The Bertz CT molecular complexity index is 1170. The molecule has 10 heteroatoms. The Hall–Kier alpha value is -3.69. The van der Waals surface area contributed by atoms with E-state index in [-0.39, 0.29) is 12.2 Å². The third-order valence-corrected chi connectivity index (χ3v) is 4.79. The zero-order valence-electron chi connectivity index (χ0n) is 15.5. The maximum atomic E-state index is 13.9. The fraction of sp³-hybridized carbons (Fsp3) is 0.150. The molecule has 0 fully saturated rings. The van der Waals surface area contributed by atoms with E-state index in [1.807, 2.05) is 0 Å². The van der Waals surface area contributed by atoms with E-state index in [1.54, 1.807) is 6.92 Å². The number of aromatic nitrogens is 2. The van der Waals surface area contributed by atoms with Gasteiger partial charge in [0.15, 0.2) is 17.5 Å². The predicted octanol–water partition coefficient (Wildman–Crippen LogP) is 3.94. The quantitative estimate of drug-likeness (QED) is 0.500. The molecule has 0 spiro atoms.